The average molecular weight is 777 g/mol. The van der Waals surface area contributed by atoms with Gasteiger partial charge < -0.3 is 9.97 Å². The predicted molar refractivity (Wildman–Crippen MR) is 249 cm³/mol. The van der Waals surface area contributed by atoms with Crippen LogP contribution in [0, 0.1) is 0 Å². The van der Waals surface area contributed by atoms with Gasteiger partial charge in [-0.2, -0.15) is 0 Å². The minimum absolute atomic E-state index is 0.520. The van der Waals surface area contributed by atoms with Gasteiger partial charge in [-0.3, -0.25) is 0 Å². The number of aromatic amines is 2. The zero-order valence-corrected chi connectivity index (χ0v) is 33.6. The molecule has 3 aromatic heterocycles. The lowest BCUT2D eigenvalue weighted by atomic mass is 9.99. The lowest BCUT2D eigenvalue weighted by Crippen LogP contribution is -2.37. The van der Waals surface area contributed by atoms with Crippen molar-refractivity contribution in [3.8, 4) is 55.6 Å². The number of nitrogens with zero attached hydrogens (tertiary/aromatic N) is 3. The lowest BCUT2D eigenvalue weighted by molar-refractivity contribution is 0.102. The highest BCUT2D eigenvalue weighted by atomic mass is 16.5. The lowest BCUT2D eigenvalue weighted by Gasteiger charge is -2.28. The fourth-order valence-electron chi connectivity index (χ4n) is 8.24. The Balaban J connectivity index is 1.25. The molecule has 2 aliphatic rings. The molecule has 289 valence electrons. The second-order valence-corrected chi connectivity index (χ2v) is 16.2. The summed E-state index contributed by atoms with van der Waals surface area (Å²) in [5.74, 6) is 0. The van der Waals surface area contributed by atoms with Gasteiger partial charge in [0.1, 0.15) is 0 Å². The maximum absolute atomic E-state index is 12.9. The smallest absolute Gasteiger partial charge is 0.0737 e. The van der Waals surface area contributed by atoms with Crippen LogP contribution in [0.3, 0.4) is 0 Å². The first-order valence-electron chi connectivity index (χ1n) is 20.3. The molecule has 5 aromatic carbocycles. The number of anilines is 1. The Hall–Kier alpha value is -7.54. The molecule has 10 rings (SSSR count). The second kappa shape index (κ2) is 15.0. The first-order valence-corrected chi connectivity index (χ1v) is 20.3. The van der Waals surface area contributed by atoms with E-state index >= 15 is 0 Å². The quantitative estimate of drug-likeness (QED) is 0.165. The van der Waals surface area contributed by atoms with Gasteiger partial charge in [-0.05, 0) is 115 Å². The number of aromatic nitrogens is 4. The molecule has 6 heteroatoms. The number of rotatable bonds is 6. The highest BCUT2D eigenvalue weighted by Gasteiger charge is 2.22. The van der Waals surface area contributed by atoms with E-state index in [4.69, 9.17) is 9.97 Å². The largest absolute Gasteiger partial charge is 0.354 e. The van der Waals surface area contributed by atoms with E-state index < -0.39 is 5.54 Å². The van der Waals surface area contributed by atoms with Crippen LogP contribution in [-0.2, 0) is 5.21 Å². The number of nitrogens with one attached hydrogen (secondary N) is 2. The van der Waals surface area contributed by atoms with Gasteiger partial charge in [-0.1, -0.05) is 133 Å². The first kappa shape index (κ1) is 36.8. The topological polar surface area (TPSA) is 80.5 Å². The zero-order chi connectivity index (χ0) is 40.8. The summed E-state index contributed by atoms with van der Waals surface area (Å²) in [5, 5.41) is 13.9. The van der Waals surface area contributed by atoms with E-state index in [1.165, 1.54) is 0 Å². The SMILES string of the molecule is CC(C)(C)N([O])c1ccc(-c2ccc(-c3c4nc(c(-c5ccccc5)c5ccc([nH]5)c(-c5ccccc5)c5nc(c(-c6ccccc6)c6ccc3[nH]6)C=C5)C=C4)cc2)cc1. The second-order valence-electron chi connectivity index (χ2n) is 16.2. The molecule has 0 spiro atoms. The Labute approximate surface area is 349 Å². The van der Waals surface area contributed by atoms with Crippen molar-refractivity contribution in [2.45, 2.75) is 26.3 Å². The maximum Gasteiger partial charge on any atom is 0.0737 e. The number of benzene rings is 5. The van der Waals surface area contributed by atoms with Crippen LogP contribution in [0.15, 0.2) is 164 Å². The molecule has 2 N–H and O–H groups in total. The van der Waals surface area contributed by atoms with Gasteiger partial charge in [-0.15, -0.1) is 0 Å². The molecule has 8 bridgehead atoms. The minimum Gasteiger partial charge on any atom is -0.354 e. The monoisotopic (exact) mass is 776 g/mol. The van der Waals surface area contributed by atoms with Crippen molar-refractivity contribution in [3.05, 3.63) is 187 Å². The standard InChI is InChI=1S/C54H42N5O/c1-54(2,3)59(60)41-25-23-36(24-26-41)35-19-21-40(22-20-35)53-48-33-31-46(57-48)51(38-15-9-5-10-16-38)44-29-27-42(55-44)50(37-13-7-4-8-14-37)43-28-30-45(56-43)52(39-17-11-6-12-18-39)47-32-34-49(53)58-47/h4-34,55,58H,1-3H3. The molecule has 0 aliphatic carbocycles. The van der Waals surface area contributed by atoms with Crippen molar-refractivity contribution in [1.82, 2.24) is 19.9 Å². The third-order valence-corrected chi connectivity index (χ3v) is 11.2. The van der Waals surface area contributed by atoms with Gasteiger partial charge in [0.25, 0.3) is 0 Å². The molecule has 60 heavy (non-hydrogen) atoms. The zero-order valence-electron chi connectivity index (χ0n) is 33.6. The van der Waals surface area contributed by atoms with Crippen LogP contribution < -0.4 is 5.06 Å². The summed E-state index contributed by atoms with van der Waals surface area (Å²) < 4.78 is 0. The number of hydrogen-bond donors (Lipinski definition) is 2. The maximum atomic E-state index is 12.9. The Morgan fingerprint density at radius 2 is 0.650 bits per heavy atom. The summed E-state index contributed by atoms with van der Waals surface area (Å²) in [6, 6.07) is 56.4. The van der Waals surface area contributed by atoms with Gasteiger partial charge in [0.05, 0.1) is 34.0 Å². The van der Waals surface area contributed by atoms with E-state index in [0.717, 1.165) is 106 Å². The van der Waals surface area contributed by atoms with Crippen molar-refractivity contribution in [2.24, 2.45) is 0 Å². The third-order valence-electron chi connectivity index (χ3n) is 11.2. The first-order chi connectivity index (χ1) is 29.3. The van der Waals surface area contributed by atoms with E-state index in [-0.39, 0.29) is 0 Å². The molecule has 8 aromatic rings. The summed E-state index contributed by atoms with van der Waals surface area (Å²) in [7, 11) is 0. The number of fused-ring (bicyclic) bond motifs is 8. The molecule has 0 saturated carbocycles. The van der Waals surface area contributed by atoms with Gasteiger partial charge in [0.15, 0.2) is 0 Å². The van der Waals surface area contributed by atoms with Crippen LogP contribution in [-0.4, -0.2) is 25.5 Å². The Bertz CT molecular complexity index is 3060. The van der Waals surface area contributed by atoms with E-state index in [2.05, 4.69) is 156 Å². The van der Waals surface area contributed by atoms with E-state index in [0.29, 0.717) is 5.69 Å². The fraction of sp³-hybridized carbons (Fsp3) is 0.0741. The number of H-pyrrole nitrogens is 2. The van der Waals surface area contributed by atoms with Crippen molar-refractivity contribution >= 4 is 52.1 Å². The molecular weight excluding hydrogens is 735 g/mol. The molecule has 2 aliphatic heterocycles. The van der Waals surface area contributed by atoms with Crippen molar-refractivity contribution in [2.75, 3.05) is 5.06 Å². The predicted octanol–water partition coefficient (Wildman–Crippen LogP) is 13.9. The summed E-state index contributed by atoms with van der Waals surface area (Å²) in [4.78, 5) is 18.5. The molecular formula is C54H42N5O. The van der Waals surface area contributed by atoms with Gasteiger partial charge in [0, 0.05) is 44.3 Å². The van der Waals surface area contributed by atoms with Gasteiger partial charge in [0.2, 0.25) is 0 Å². The average Bonchev–Trinajstić information content (AvgIpc) is 4.13. The normalized spacial score (nSPS) is 12.2. The molecule has 0 amide bonds. The molecule has 0 atom stereocenters. The fourth-order valence-corrected chi connectivity index (χ4v) is 8.24. The molecule has 1 radical (unpaired) electrons. The Kier molecular flexibility index (Phi) is 9.19. The molecule has 0 saturated heterocycles. The van der Waals surface area contributed by atoms with Gasteiger partial charge >= 0.3 is 0 Å². The molecule has 6 nitrogen and oxygen atoms in total. The summed E-state index contributed by atoms with van der Waals surface area (Å²) >= 11 is 0. The highest BCUT2D eigenvalue weighted by molar-refractivity contribution is 6.00. The van der Waals surface area contributed by atoms with E-state index in [1.54, 1.807) is 0 Å². The highest BCUT2D eigenvalue weighted by Crippen LogP contribution is 2.39. The molecule has 5 heterocycles. The Morgan fingerprint density at radius 3 is 0.967 bits per heavy atom. The summed E-state index contributed by atoms with van der Waals surface area (Å²) in [6.07, 6.45) is 8.51. The van der Waals surface area contributed by atoms with Crippen LogP contribution in [0.25, 0.3) is 102 Å². The molecule has 0 fully saturated rings. The Morgan fingerprint density at radius 1 is 0.367 bits per heavy atom. The van der Waals surface area contributed by atoms with Crippen LogP contribution in [0.2, 0.25) is 0 Å². The minimum atomic E-state index is -0.520. The third kappa shape index (κ3) is 6.83. The number of hydrogen-bond acceptors (Lipinski definition) is 3. The molecule has 0 unspecified atom stereocenters. The van der Waals surface area contributed by atoms with Crippen molar-refractivity contribution < 1.29 is 5.21 Å². The van der Waals surface area contributed by atoms with Crippen LogP contribution in [0.1, 0.15) is 43.5 Å². The number of hydroxylamine groups is 1. The van der Waals surface area contributed by atoms with Crippen LogP contribution in [0.4, 0.5) is 5.69 Å². The van der Waals surface area contributed by atoms with Crippen LogP contribution in [0.5, 0.6) is 0 Å². The van der Waals surface area contributed by atoms with Gasteiger partial charge in [-0.25, -0.2) is 15.0 Å². The van der Waals surface area contributed by atoms with Crippen molar-refractivity contribution in [1.29, 1.82) is 0 Å². The van der Waals surface area contributed by atoms with Crippen molar-refractivity contribution in [3.63, 3.8) is 0 Å². The van der Waals surface area contributed by atoms with Crippen LogP contribution >= 0.6 is 0 Å². The van der Waals surface area contributed by atoms with E-state index in [1.807, 2.05) is 63.2 Å². The van der Waals surface area contributed by atoms with E-state index in [9.17, 15) is 5.21 Å². The summed E-state index contributed by atoms with van der Waals surface area (Å²) in [5.41, 5.74) is 17.8. The summed E-state index contributed by atoms with van der Waals surface area (Å²) in [6.45, 7) is 5.75.